The summed E-state index contributed by atoms with van der Waals surface area (Å²) < 4.78 is 22.6. The molecule has 78 valence electrons. The monoisotopic (exact) mass is 234 g/mol. The summed E-state index contributed by atoms with van der Waals surface area (Å²) in [6, 6.07) is -0.310. The van der Waals surface area contributed by atoms with Gasteiger partial charge in [0.15, 0.2) is 15.0 Å². The lowest BCUT2D eigenvalue weighted by Gasteiger charge is -2.19. The van der Waals surface area contributed by atoms with E-state index in [4.69, 9.17) is 5.41 Å². The second kappa shape index (κ2) is 2.96. The molecule has 2 heterocycles. The summed E-state index contributed by atoms with van der Waals surface area (Å²) >= 11 is 1.18. The summed E-state index contributed by atoms with van der Waals surface area (Å²) in [6.45, 7) is 1.36. The first-order valence-corrected chi connectivity index (χ1v) is 6.86. The maximum atomic E-state index is 11.3. The van der Waals surface area contributed by atoms with Gasteiger partial charge in [-0.1, -0.05) is 11.8 Å². The topological polar surface area (TPSA) is 78.3 Å². The highest BCUT2D eigenvalue weighted by Crippen LogP contribution is 2.37. The van der Waals surface area contributed by atoms with Crippen LogP contribution in [0.25, 0.3) is 0 Å². The fourth-order valence-electron chi connectivity index (χ4n) is 1.88. The average molecular weight is 234 g/mol. The predicted molar refractivity (Wildman–Crippen MR) is 54.1 cm³/mol. The van der Waals surface area contributed by atoms with Gasteiger partial charge in [0, 0.05) is 12.2 Å². The Balaban J connectivity index is 2.30. The second-order valence-electron chi connectivity index (χ2n) is 3.49. The van der Waals surface area contributed by atoms with Crippen molar-refractivity contribution in [3.63, 3.8) is 0 Å². The molecule has 0 aromatic rings. The molecular formula is C7H10N2O3S2. The van der Waals surface area contributed by atoms with Crippen LogP contribution in [0, 0.1) is 5.41 Å². The molecule has 14 heavy (non-hydrogen) atoms. The van der Waals surface area contributed by atoms with Gasteiger partial charge < -0.3 is 0 Å². The van der Waals surface area contributed by atoms with E-state index in [1.165, 1.54) is 23.6 Å². The summed E-state index contributed by atoms with van der Waals surface area (Å²) in [5, 5.41) is 7.59. The zero-order valence-electron chi connectivity index (χ0n) is 7.56. The Morgan fingerprint density at radius 2 is 2.21 bits per heavy atom. The number of nitrogens with one attached hydrogen (secondary N) is 1. The van der Waals surface area contributed by atoms with E-state index in [0.29, 0.717) is 0 Å². The molecule has 2 aliphatic heterocycles. The van der Waals surface area contributed by atoms with Crippen LogP contribution in [0.15, 0.2) is 0 Å². The number of amides is 1. The zero-order chi connectivity index (χ0) is 10.5. The molecule has 0 bridgehead atoms. The fraction of sp³-hybridized carbons (Fsp3) is 0.714. The predicted octanol–water partition coefficient (Wildman–Crippen LogP) is -0.318. The van der Waals surface area contributed by atoms with Crippen molar-refractivity contribution < 1.29 is 13.2 Å². The van der Waals surface area contributed by atoms with E-state index >= 15 is 0 Å². The Bertz CT molecular complexity index is 403. The van der Waals surface area contributed by atoms with Gasteiger partial charge in [-0.05, 0) is 0 Å². The third-order valence-corrected chi connectivity index (χ3v) is 5.56. The molecule has 1 amide bonds. The van der Waals surface area contributed by atoms with Crippen LogP contribution in [0.1, 0.15) is 6.92 Å². The molecule has 0 aromatic heterocycles. The minimum Gasteiger partial charge on any atom is -0.287 e. The molecule has 2 atom stereocenters. The third kappa shape index (κ3) is 1.44. The first kappa shape index (κ1) is 9.97. The first-order valence-electron chi connectivity index (χ1n) is 4.16. The lowest BCUT2D eigenvalue weighted by Crippen LogP contribution is -2.40. The van der Waals surface area contributed by atoms with Crippen molar-refractivity contribution in [1.29, 1.82) is 5.41 Å². The summed E-state index contributed by atoms with van der Waals surface area (Å²) in [6.07, 6.45) is 0. The molecule has 7 heteroatoms. The van der Waals surface area contributed by atoms with Gasteiger partial charge in [-0.15, -0.1) is 0 Å². The fourth-order valence-corrected chi connectivity index (χ4v) is 5.69. The summed E-state index contributed by atoms with van der Waals surface area (Å²) in [5.41, 5.74) is 0. The molecule has 2 rings (SSSR count). The Labute approximate surface area is 86.3 Å². The van der Waals surface area contributed by atoms with Crippen LogP contribution >= 0.6 is 11.8 Å². The largest absolute Gasteiger partial charge is 0.287 e. The molecule has 2 fully saturated rings. The summed E-state index contributed by atoms with van der Waals surface area (Å²) in [5.74, 6) is -0.145. The normalized spacial score (nSPS) is 34.6. The number of rotatable bonds is 0. The number of carbonyl (C=O) groups is 1. The Kier molecular flexibility index (Phi) is 2.11. The SMILES string of the molecule is CC(=O)N1C(=N)S[C@@H]2CS(=O)(=O)C[C@H]21. The van der Waals surface area contributed by atoms with Crippen LogP contribution in [0.2, 0.25) is 0 Å². The van der Waals surface area contributed by atoms with Gasteiger partial charge in [0.1, 0.15) is 0 Å². The highest BCUT2D eigenvalue weighted by Gasteiger charge is 2.49. The maximum Gasteiger partial charge on any atom is 0.225 e. The molecule has 1 N–H and O–H groups in total. The average Bonchev–Trinajstić information content (AvgIpc) is 2.37. The number of sulfone groups is 1. The molecule has 0 saturated carbocycles. The van der Waals surface area contributed by atoms with Crippen molar-refractivity contribution in [3.05, 3.63) is 0 Å². The molecular weight excluding hydrogens is 224 g/mol. The molecule has 2 saturated heterocycles. The highest BCUT2D eigenvalue weighted by molar-refractivity contribution is 8.15. The number of carbonyl (C=O) groups excluding carboxylic acids is 1. The van der Waals surface area contributed by atoms with Gasteiger partial charge in [-0.25, -0.2) is 8.42 Å². The van der Waals surface area contributed by atoms with E-state index in [2.05, 4.69) is 0 Å². The first-order chi connectivity index (χ1) is 6.41. The van der Waals surface area contributed by atoms with Crippen molar-refractivity contribution in [3.8, 4) is 0 Å². The Morgan fingerprint density at radius 3 is 2.79 bits per heavy atom. The molecule has 0 aromatic carbocycles. The lowest BCUT2D eigenvalue weighted by molar-refractivity contribution is -0.125. The number of nitrogens with zero attached hydrogens (tertiary/aromatic N) is 1. The van der Waals surface area contributed by atoms with Crippen LogP contribution in [0.4, 0.5) is 0 Å². The summed E-state index contributed by atoms with van der Waals surface area (Å²) in [7, 11) is -3.01. The van der Waals surface area contributed by atoms with Crippen molar-refractivity contribution in [2.24, 2.45) is 0 Å². The molecule has 0 aliphatic carbocycles. The van der Waals surface area contributed by atoms with Gasteiger partial charge in [0.2, 0.25) is 5.91 Å². The van der Waals surface area contributed by atoms with E-state index in [1.54, 1.807) is 0 Å². The van der Waals surface area contributed by atoms with Gasteiger partial charge in [0.05, 0.1) is 17.5 Å². The number of fused-ring (bicyclic) bond motifs is 1. The van der Waals surface area contributed by atoms with E-state index in [0.717, 1.165) is 0 Å². The van der Waals surface area contributed by atoms with Crippen molar-refractivity contribution >= 4 is 32.7 Å². The molecule has 0 spiro atoms. The minimum atomic E-state index is -3.01. The number of amidine groups is 1. The third-order valence-electron chi connectivity index (χ3n) is 2.42. The van der Waals surface area contributed by atoms with E-state index in [1.807, 2.05) is 0 Å². The molecule has 0 unspecified atom stereocenters. The van der Waals surface area contributed by atoms with Gasteiger partial charge in [-0.2, -0.15) is 0 Å². The Morgan fingerprint density at radius 1 is 1.57 bits per heavy atom. The summed E-state index contributed by atoms with van der Waals surface area (Å²) in [4.78, 5) is 12.5. The number of hydrogen-bond donors (Lipinski definition) is 1. The van der Waals surface area contributed by atoms with Crippen molar-refractivity contribution in [2.45, 2.75) is 18.2 Å². The van der Waals surface area contributed by atoms with Crippen LogP contribution < -0.4 is 0 Å². The zero-order valence-corrected chi connectivity index (χ0v) is 9.19. The van der Waals surface area contributed by atoms with Crippen LogP contribution in [-0.4, -0.2) is 47.2 Å². The highest BCUT2D eigenvalue weighted by atomic mass is 32.2. The van der Waals surface area contributed by atoms with E-state index in [9.17, 15) is 13.2 Å². The van der Waals surface area contributed by atoms with Crippen molar-refractivity contribution in [1.82, 2.24) is 4.90 Å². The van der Waals surface area contributed by atoms with E-state index in [-0.39, 0.29) is 33.9 Å². The van der Waals surface area contributed by atoms with Crippen LogP contribution in [-0.2, 0) is 14.6 Å². The van der Waals surface area contributed by atoms with Gasteiger partial charge in [0.25, 0.3) is 0 Å². The van der Waals surface area contributed by atoms with Gasteiger partial charge >= 0.3 is 0 Å². The van der Waals surface area contributed by atoms with E-state index < -0.39 is 9.84 Å². The quantitative estimate of drug-likeness (QED) is 0.623. The molecule has 0 radical (unpaired) electrons. The Hall–Kier alpha value is -0.560. The second-order valence-corrected chi connectivity index (χ2v) is 6.88. The molecule has 2 aliphatic rings. The standard InChI is InChI=1S/C7H10N2O3S2/c1-4(10)9-5-2-14(11,12)3-6(5)13-7(9)8/h5-6,8H,2-3H2,1H3/t5-,6-/m1/s1. The van der Waals surface area contributed by atoms with Gasteiger partial charge in [-0.3, -0.25) is 15.1 Å². The van der Waals surface area contributed by atoms with Crippen LogP contribution in [0.5, 0.6) is 0 Å². The smallest absolute Gasteiger partial charge is 0.225 e. The molecule has 5 nitrogen and oxygen atoms in total. The lowest BCUT2D eigenvalue weighted by atomic mass is 10.2. The number of hydrogen-bond acceptors (Lipinski definition) is 5. The number of thioether (sulfide) groups is 1. The van der Waals surface area contributed by atoms with Crippen LogP contribution in [0.3, 0.4) is 0 Å². The minimum absolute atomic E-state index is 0.00657. The maximum absolute atomic E-state index is 11.3. The van der Waals surface area contributed by atoms with Crippen molar-refractivity contribution in [2.75, 3.05) is 11.5 Å².